The van der Waals surface area contributed by atoms with Crippen molar-refractivity contribution < 1.29 is 0 Å². The second-order valence-electron chi connectivity index (χ2n) is 5.27. The third-order valence-corrected chi connectivity index (χ3v) is 3.32. The van der Waals surface area contributed by atoms with Gasteiger partial charge in [0.2, 0.25) is 0 Å². The van der Waals surface area contributed by atoms with Crippen LogP contribution in [0.2, 0.25) is 0 Å². The van der Waals surface area contributed by atoms with Crippen LogP contribution >= 0.6 is 12.6 Å². The molecule has 0 saturated heterocycles. The van der Waals surface area contributed by atoms with Gasteiger partial charge in [0.1, 0.15) is 0 Å². The van der Waals surface area contributed by atoms with Crippen molar-refractivity contribution in [1.82, 2.24) is 9.55 Å². The number of hydrogen-bond acceptors (Lipinski definition) is 3. The lowest BCUT2D eigenvalue weighted by atomic mass is 9.82. The number of rotatable bonds is 3. The average Bonchev–Trinajstić information content (AvgIpc) is 2.14. The summed E-state index contributed by atoms with van der Waals surface area (Å²) in [6.07, 6.45) is 1.62. The van der Waals surface area contributed by atoms with Crippen molar-refractivity contribution in [2.45, 2.75) is 34.2 Å². The predicted octanol–water partition coefficient (Wildman–Crippen LogP) is 2.14. The van der Waals surface area contributed by atoms with E-state index < -0.39 is 0 Å². The normalized spacial score (nSPS) is 13.8. The third kappa shape index (κ3) is 3.37. The van der Waals surface area contributed by atoms with Crippen molar-refractivity contribution in [2.24, 2.45) is 11.3 Å². The van der Waals surface area contributed by atoms with Gasteiger partial charge in [-0.2, -0.15) is 12.6 Å². The molecule has 0 N–H and O–H groups in total. The van der Waals surface area contributed by atoms with Crippen LogP contribution < -0.4 is 5.56 Å². The van der Waals surface area contributed by atoms with E-state index in [1.807, 2.05) is 6.92 Å². The first-order valence-corrected chi connectivity index (χ1v) is 6.12. The number of hydrogen-bond donors (Lipinski definition) is 1. The van der Waals surface area contributed by atoms with Gasteiger partial charge in [-0.3, -0.25) is 9.36 Å². The number of aromatic nitrogens is 2. The molecule has 16 heavy (non-hydrogen) atoms. The Morgan fingerprint density at radius 1 is 1.50 bits per heavy atom. The molecule has 1 aromatic rings. The van der Waals surface area contributed by atoms with Crippen LogP contribution in [-0.2, 0) is 6.54 Å². The largest absolute Gasteiger partial charge is 0.299 e. The molecule has 3 nitrogen and oxygen atoms in total. The van der Waals surface area contributed by atoms with E-state index in [0.717, 1.165) is 11.4 Å². The molecule has 0 fully saturated rings. The molecule has 0 aromatic carbocycles. The van der Waals surface area contributed by atoms with Gasteiger partial charge < -0.3 is 0 Å². The first-order valence-electron chi connectivity index (χ1n) is 5.48. The van der Waals surface area contributed by atoms with E-state index in [1.54, 1.807) is 17.0 Å². The van der Waals surface area contributed by atoms with Crippen LogP contribution in [0.15, 0.2) is 17.2 Å². The van der Waals surface area contributed by atoms with E-state index in [2.05, 4.69) is 38.4 Å². The zero-order chi connectivity index (χ0) is 12.3. The van der Waals surface area contributed by atoms with Crippen LogP contribution in [0.4, 0.5) is 0 Å². The Morgan fingerprint density at radius 3 is 2.56 bits per heavy atom. The van der Waals surface area contributed by atoms with Crippen LogP contribution in [-0.4, -0.2) is 15.3 Å². The second-order valence-corrected chi connectivity index (χ2v) is 5.63. The van der Waals surface area contributed by atoms with Crippen LogP contribution in [0.1, 0.15) is 26.5 Å². The molecule has 0 spiro atoms. The number of nitrogens with zero attached hydrogens (tertiary/aromatic N) is 2. The third-order valence-electron chi connectivity index (χ3n) is 2.88. The van der Waals surface area contributed by atoms with Crippen LogP contribution in [0.25, 0.3) is 0 Å². The highest BCUT2D eigenvalue weighted by Gasteiger charge is 2.23. The summed E-state index contributed by atoms with van der Waals surface area (Å²) in [5, 5.41) is 0. The fourth-order valence-electron chi connectivity index (χ4n) is 1.50. The maximum atomic E-state index is 11.7. The fraction of sp³-hybridized carbons (Fsp3) is 0.667. The van der Waals surface area contributed by atoms with Crippen molar-refractivity contribution in [3.63, 3.8) is 0 Å². The minimum Gasteiger partial charge on any atom is -0.299 e. The molecular formula is C12H20N2OS. The topological polar surface area (TPSA) is 34.9 Å². The summed E-state index contributed by atoms with van der Waals surface area (Å²) in [6, 6.07) is 1.57. The zero-order valence-corrected chi connectivity index (χ0v) is 11.3. The maximum Gasteiger partial charge on any atom is 0.253 e. The van der Waals surface area contributed by atoms with Crippen LogP contribution in [0.5, 0.6) is 0 Å². The van der Waals surface area contributed by atoms with E-state index in [9.17, 15) is 4.79 Å². The molecule has 0 aliphatic rings. The highest BCUT2D eigenvalue weighted by molar-refractivity contribution is 7.80. The van der Waals surface area contributed by atoms with Gasteiger partial charge in [0, 0.05) is 18.3 Å². The summed E-state index contributed by atoms with van der Waals surface area (Å²) in [5.41, 5.74) is 0.925. The maximum absolute atomic E-state index is 11.7. The SMILES string of the molecule is Cc1cc(=O)n(CC(CS)C(C)(C)C)cn1. The Kier molecular flexibility index (Phi) is 4.19. The van der Waals surface area contributed by atoms with E-state index in [-0.39, 0.29) is 11.0 Å². The molecule has 0 aliphatic carbocycles. The standard InChI is InChI=1S/C12H20N2OS/c1-9-5-11(15)14(8-13-9)6-10(7-16)12(2,3)4/h5,8,10,16H,6-7H2,1-4H3. The van der Waals surface area contributed by atoms with Gasteiger partial charge in [-0.05, 0) is 24.0 Å². The van der Waals surface area contributed by atoms with E-state index in [1.165, 1.54) is 0 Å². The lowest BCUT2D eigenvalue weighted by Crippen LogP contribution is -2.31. The molecule has 4 heteroatoms. The number of aryl methyl sites for hydroxylation is 1. The molecule has 1 heterocycles. The second kappa shape index (κ2) is 5.04. The molecule has 1 atom stereocenters. The molecule has 1 aromatic heterocycles. The highest BCUT2D eigenvalue weighted by Crippen LogP contribution is 2.27. The number of thiol groups is 1. The summed E-state index contributed by atoms with van der Waals surface area (Å²) < 4.78 is 1.67. The Balaban J connectivity index is 2.91. The molecule has 1 rings (SSSR count). The fourth-order valence-corrected chi connectivity index (χ4v) is 2.16. The Labute approximate surface area is 102 Å². The summed E-state index contributed by atoms with van der Waals surface area (Å²) >= 11 is 4.36. The van der Waals surface area contributed by atoms with E-state index in [4.69, 9.17) is 0 Å². The molecule has 1 unspecified atom stereocenters. The zero-order valence-electron chi connectivity index (χ0n) is 10.4. The quantitative estimate of drug-likeness (QED) is 0.822. The summed E-state index contributed by atoms with van der Waals surface area (Å²) in [7, 11) is 0. The average molecular weight is 240 g/mol. The minimum absolute atomic E-state index is 0.0172. The van der Waals surface area contributed by atoms with Crippen molar-refractivity contribution in [1.29, 1.82) is 0 Å². The summed E-state index contributed by atoms with van der Waals surface area (Å²) in [4.78, 5) is 15.9. The lowest BCUT2D eigenvalue weighted by Gasteiger charge is -2.29. The first-order chi connectivity index (χ1) is 7.34. The molecule has 0 aliphatic heterocycles. The Bertz CT molecular complexity index is 406. The minimum atomic E-state index is 0.0172. The molecule has 0 radical (unpaired) electrons. The predicted molar refractivity (Wildman–Crippen MR) is 70.0 cm³/mol. The molecular weight excluding hydrogens is 220 g/mol. The van der Waals surface area contributed by atoms with Crippen LogP contribution in [0.3, 0.4) is 0 Å². The highest BCUT2D eigenvalue weighted by atomic mass is 32.1. The van der Waals surface area contributed by atoms with Crippen LogP contribution in [0, 0.1) is 18.3 Å². The van der Waals surface area contributed by atoms with Crippen molar-refractivity contribution >= 4 is 12.6 Å². The van der Waals surface area contributed by atoms with Gasteiger partial charge in [-0.15, -0.1) is 0 Å². The first kappa shape index (κ1) is 13.3. The molecule has 0 bridgehead atoms. The molecule has 90 valence electrons. The van der Waals surface area contributed by atoms with Crippen molar-refractivity contribution in [2.75, 3.05) is 5.75 Å². The Morgan fingerprint density at radius 2 is 2.12 bits per heavy atom. The molecule has 0 saturated carbocycles. The summed E-state index contributed by atoms with van der Waals surface area (Å²) in [5.74, 6) is 1.13. The van der Waals surface area contributed by atoms with Gasteiger partial charge in [-0.1, -0.05) is 20.8 Å². The van der Waals surface area contributed by atoms with Gasteiger partial charge in [0.25, 0.3) is 5.56 Å². The monoisotopic (exact) mass is 240 g/mol. The van der Waals surface area contributed by atoms with Gasteiger partial charge in [0.05, 0.1) is 6.33 Å². The molecule has 0 amide bonds. The van der Waals surface area contributed by atoms with E-state index in [0.29, 0.717) is 12.5 Å². The van der Waals surface area contributed by atoms with Gasteiger partial charge in [0.15, 0.2) is 0 Å². The van der Waals surface area contributed by atoms with Gasteiger partial charge >= 0.3 is 0 Å². The smallest absolute Gasteiger partial charge is 0.253 e. The Hall–Kier alpha value is -0.770. The lowest BCUT2D eigenvalue weighted by molar-refractivity contribution is 0.235. The summed E-state index contributed by atoms with van der Waals surface area (Å²) in [6.45, 7) is 9.01. The van der Waals surface area contributed by atoms with Crippen molar-refractivity contribution in [3.8, 4) is 0 Å². The van der Waals surface area contributed by atoms with E-state index >= 15 is 0 Å². The van der Waals surface area contributed by atoms with Gasteiger partial charge in [-0.25, -0.2) is 4.98 Å². The van der Waals surface area contributed by atoms with Crippen molar-refractivity contribution in [3.05, 3.63) is 28.4 Å².